The van der Waals surface area contributed by atoms with Crippen LogP contribution < -0.4 is 9.92 Å². The number of fused-ring (bicyclic) bond motifs is 1. The van der Waals surface area contributed by atoms with Gasteiger partial charge in [0.05, 0.1) is 8.07 Å². The molecule has 2 aliphatic carbocycles. The number of para-hydroxylation sites is 1. The monoisotopic (exact) mass is 450 g/mol. The van der Waals surface area contributed by atoms with Crippen LogP contribution >= 0.6 is 0 Å². The molecule has 0 amide bonds. The van der Waals surface area contributed by atoms with E-state index in [1.165, 1.54) is 55.5 Å². The minimum Gasteiger partial charge on any atom is -0.489 e. The standard InChI is InChI=1S/C30H46OSi/c1-8-12-16-24-22-23-17-13-14-18-25(23)29(24)32(10-3,11-4)27-20-15-19-26(30(5,6)7)28(27)31-21-9-2/h9,13-15,18-20,23-24,29H,2,8,10-12,16-17,21-22H2,1,3-7H3. The molecule has 0 heterocycles. The van der Waals surface area contributed by atoms with Gasteiger partial charge in [-0.1, -0.05) is 128 Å². The lowest BCUT2D eigenvalue weighted by Gasteiger charge is -2.42. The van der Waals surface area contributed by atoms with Gasteiger partial charge in [-0.05, 0) is 46.4 Å². The molecule has 32 heavy (non-hydrogen) atoms. The van der Waals surface area contributed by atoms with Crippen LogP contribution in [0.5, 0.6) is 5.75 Å². The predicted octanol–water partition coefficient (Wildman–Crippen LogP) is 8.33. The summed E-state index contributed by atoms with van der Waals surface area (Å²) in [4.78, 5) is 0. The molecule has 0 aromatic heterocycles. The van der Waals surface area contributed by atoms with Crippen LogP contribution in [0.4, 0.5) is 0 Å². The molecule has 1 aromatic rings. The molecule has 0 saturated heterocycles. The number of rotatable bonds is 10. The second-order valence-electron chi connectivity index (χ2n) is 11.0. The summed E-state index contributed by atoms with van der Waals surface area (Å²) in [5.41, 5.74) is 3.92. The Morgan fingerprint density at radius 3 is 2.53 bits per heavy atom. The molecule has 3 rings (SSSR count). The van der Waals surface area contributed by atoms with E-state index in [1.54, 1.807) is 10.8 Å². The normalized spacial score (nSPS) is 23.1. The smallest absolute Gasteiger partial charge is 0.122 e. The van der Waals surface area contributed by atoms with Gasteiger partial charge < -0.3 is 4.74 Å². The quantitative estimate of drug-likeness (QED) is 0.257. The number of hydrogen-bond acceptors (Lipinski definition) is 1. The van der Waals surface area contributed by atoms with E-state index >= 15 is 0 Å². The molecule has 0 radical (unpaired) electrons. The Kier molecular flexibility index (Phi) is 8.30. The van der Waals surface area contributed by atoms with Crippen molar-refractivity contribution in [2.45, 2.75) is 96.7 Å². The highest BCUT2D eigenvalue weighted by Gasteiger charge is 2.52. The van der Waals surface area contributed by atoms with E-state index < -0.39 is 8.07 Å². The maximum atomic E-state index is 6.55. The van der Waals surface area contributed by atoms with Crippen LogP contribution in [-0.4, -0.2) is 14.7 Å². The van der Waals surface area contributed by atoms with Gasteiger partial charge in [0.1, 0.15) is 12.4 Å². The first-order chi connectivity index (χ1) is 15.3. The van der Waals surface area contributed by atoms with Crippen LogP contribution in [0.15, 0.2) is 54.7 Å². The molecular weight excluding hydrogens is 404 g/mol. The highest BCUT2D eigenvalue weighted by atomic mass is 28.3. The van der Waals surface area contributed by atoms with Gasteiger partial charge in [0.2, 0.25) is 0 Å². The van der Waals surface area contributed by atoms with Gasteiger partial charge in [-0.3, -0.25) is 0 Å². The molecule has 0 aliphatic heterocycles. The van der Waals surface area contributed by atoms with E-state index in [4.69, 9.17) is 4.74 Å². The Morgan fingerprint density at radius 2 is 1.91 bits per heavy atom. The van der Waals surface area contributed by atoms with Crippen molar-refractivity contribution in [3.8, 4) is 5.75 Å². The summed E-state index contributed by atoms with van der Waals surface area (Å²) in [7, 11) is -1.87. The number of allylic oxidation sites excluding steroid dienone is 4. The van der Waals surface area contributed by atoms with Crippen LogP contribution in [0.25, 0.3) is 0 Å². The van der Waals surface area contributed by atoms with E-state index in [0.29, 0.717) is 6.61 Å². The highest BCUT2D eigenvalue weighted by Crippen LogP contribution is 2.56. The van der Waals surface area contributed by atoms with Crippen LogP contribution in [0, 0.1) is 11.8 Å². The Morgan fingerprint density at radius 1 is 1.16 bits per heavy atom. The highest BCUT2D eigenvalue weighted by molar-refractivity contribution is 6.94. The molecule has 1 nitrogen and oxygen atoms in total. The molecule has 0 N–H and O–H groups in total. The fourth-order valence-corrected chi connectivity index (χ4v) is 12.4. The molecule has 1 saturated carbocycles. The zero-order valence-corrected chi connectivity index (χ0v) is 22.5. The SMILES string of the molecule is C=CCOc1c(C(C)(C)C)cccc1[Si](CC)(CC)C1C2=CC=CCC2CC1CCCC. The largest absolute Gasteiger partial charge is 0.489 e. The van der Waals surface area contributed by atoms with Crippen LogP contribution in [-0.2, 0) is 5.41 Å². The van der Waals surface area contributed by atoms with Crippen LogP contribution in [0.2, 0.25) is 17.6 Å². The van der Waals surface area contributed by atoms with Gasteiger partial charge >= 0.3 is 0 Å². The summed E-state index contributed by atoms with van der Waals surface area (Å²) in [5.74, 6) is 2.77. The summed E-state index contributed by atoms with van der Waals surface area (Å²) in [6.07, 6.45) is 15.8. The van der Waals surface area contributed by atoms with Crippen molar-refractivity contribution in [3.05, 3.63) is 60.2 Å². The lowest BCUT2D eigenvalue weighted by molar-refractivity contribution is 0.353. The minimum atomic E-state index is -1.87. The number of unbranched alkanes of at least 4 members (excludes halogenated alkanes) is 1. The maximum absolute atomic E-state index is 6.55. The van der Waals surface area contributed by atoms with Crippen molar-refractivity contribution in [3.63, 3.8) is 0 Å². The first-order valence-electron chi connectivity index (χ1n) is 13.1. The molecule has 176 valence electrons. The summed E-state index contributed by atoms with van der Waals surface area (Å²) in [6, 6.07) is 9.61. The molecule has 3 unspecified atom stereocenters. The van der Waals surface area contributed by atoms with Crippen LogP contribution in [0.3, 0.4) is 0 Å². The maximum Gasteiger partial charge on any atom is 0.122 e. The van der Waals surface area contributed by atoms with E-state index in [-0.39, 0.29) is 5.41 Å². The van der Waals surface area contributed by atoms with Crippen LogP contribution in [0.1, 0.15) is 79.2 Å². The Labute approximate surface area is 199 Å². The predicted molar refractivity (Wildman–Crippen MR) is 144 cm³/mol. The van der Waals surface area contributed by atoms with Gasteiger partial charge in [-0.15, -0.1) is 0 Å². The second kappa shape index (κ2) is 10.6. The third-order valence-corrected chi connectivity index (χ3v) is 14.2. The van der Waals surface area contributed by atoms with Gasteiger partial charge in [-0.2, -0.15) is 0 Å². The van der Waals surface area contributed by atoms with Crippen molar-refractivity contribution in [1.82, 2.24) is 0 Å². The molecule has 0 bridgehead atoms. The Hall–Kier alpha value is -1.54. The molecule has 1 aromatic carbocycles. The molecule has 0 spiro atoms. The Balaban J connectivity index is 2.22. The number of hydrogen-bond donors (Lipinski definition) is 0. The number of benzene rings is 1. The lowest BCUT2D eigenvalue weighted by Crippen LogP contribution is -2.53. The van der Waals surface area contributed by atoms with E-state index in [0.717, 1.165) is 17.4 Å². The average molecular weight is 451 g/mol. The second-order valence-corrected chi connectivity index (χ2v) is 15.9. The number of ether oxygens (including phenoxy) is 1. The summed E-state index contributed by atoms with van der Waals surface area (Å²) < 4.78 is 6.55. The molecule has 2 heteroatoms. The molecule has 3 atom stereocenters. The van der Waals surface area contributed by atoms with Gasteiger partial charge in [-0.25, -0.2) is 0 Å². The van der Waals surface area contributed by atoms with Gasteiger partial charge in [0.25, 0.3) is 0 Å². The summed E-state index contributed by atoms with van der Waals surface area (Å²) in [5, 5.41) is 1.57. The topological polar surface area (TPSA) is 9.23 Å². The van der Waals surface area contributed by atoms with E-state index in [2.05, 4.69) is 84.5 Å². The minimum absolute atomic E-state index is 0.0564. The third-order valence-electron chi connectivity index (χ3n) is 8.23. The van der Waals surface area contributed by atoms with Crippen molar-refractivity contribution in [1.29, 1.82) is 0 Å². The first kappa shape index (κ1) is 25.1. The summed E-state index contributed by atoms with van der Waals surface area (Å²) >= 11 is 0. The van der Waals surface area contributed by atoms with E-state index in [1.807, 2.05) is 6.08 Å². The lowest BCUT2D eigenvalue weighted by atomic mass is 9.86. The van der Waals surface area contributed by atoms with E-state index in [9.17, 15) is 0 Å². The summed E-state index contributed by atoms with van der Waals surface area (Å²) in [6.45, 7) is 18.8. The van der Waals surface area contributed by atoms with Crippen molar-refractivity contribution >= 4 is 13.3 Å². The average Bonchev–Trinajstić information content (AvgIpc) is 3.16. The van der Waals surface area contributed by atoms with Crippen molar-refractivity contribution in [2.75, 3.05) is 6.61 Å². The third kappa shape index (κ3) is 4.71. The zero-order chi connectivity index (χ0) is 23.4. The Bertz CT molecular complexity index is 837. The molecule has 1 fully saturated rings. The molecule has 2 aliphatic rings. The zero-order valence-electron chi connectivity index (χ0n) is 21.5. The van der Waals surface area contributed by atoms with Crippen molar-refractivity contribution in [2.24, 2.45) is 11.8 Å². The van der Waals surface area contributed by atoms with Gasteiger partial charge in [0.15, 0.2) is 0 Å². The van der Waals surface area contributed by atoms with Gasteiger partial charge in [0, 0.05) is 0 Å². The fourth-order valence-electron chi connectivity index (χ4n) is 6.63. The molecular formula is C30H46OSi. The van der Waals surface area contributed by atoms with Crippen molar-refractivity contribution < 1.29 is 4.74 Å². The first-order valence-corrected chi connectivity index (χ1v) is 15.6. The fraction of sp³-hybridized carbons (Fsp3) is 0.600.